The second-order valence-electron chi connectivity index (χ2n) is 4.45. The van der Waals surface area contributed by atoms with Crippen molar-refractivity contribution in [1.82, 2.24) is 4.72 Å². The van der Waals surface area contributed by atoms with Crippen molar-refractivity contribution < 1.29 is 13.3 Å². The molecule has 0 aliphatic heterocycles. The molecule has 4 nitrogen and oxygen atoms in total. The number of sulfonamides is 1. The van der Waals surface area contributed by atoms with E-state index < -0.39 is 10.0 Å². The van der Waals surface area contributed by atoms with Gasteiger partial charge in [0.25, 0.3) is 0 Å². The van der Waals surface area contributed by atoms with Crippen molar-refractivity contribution in [2.75, 3.05) is 27.2 Å². The smallest absolute Gasteiger partial charge is 0.215 e. The molecule has 0 fully saturated rings. The summed E-state index contributed by atoms with van der Waals surface area (Å²) in [6.45, 7) is 1.48. The highest BCUT2D eigenvalue weighted by Gasteiger charge is 2.10. The Morgan fingerprint density at radius 3 is 2.41 bits per heavy atom. The van der Waals surface area contributed by atoms with Gasteiger partial charge < -0.3 is 4.90 Å². The van der Waals surface area contributed by atoms with Gasteiger partial charge in [-0.3, -0.25) is 0 Å². The van der Waals surface area contributed by atoms with E-state index in [4.69, 9.17) is 0 Å². The molecule has 0 heterocycles. The van der Waals surface area contributed by atoms with Gasteiger partial charge in [0.2, 0.25) is 10.0 Å². The SMILES string of the molecule is C[NH+](C)CCCNS(=O)(=O)Cc1ccccc1. The molecule has 2 N–H and O–H groups in total. The van der Waals surface area contributed by atoms with Crippen molar-refractivity contribution in [3.05, 3.63) is 35.9 Å². The molecule has 0 bridgehead atoms. The average molecular weight is 257 g/mol. The van der Waals surface area contributed by atoms with E-state index in [2.05, 4.69) is 18.8 Å². The van der Waals surface area contributed by atoms with Gasteiger partial charge in [-0.05, 0) is 5.56 Å². The quantitative estimate of drug-likeness (QED) is 0.656. The van der Waals surface area contributed by atoms with Crippen molar-refractivity contribution in [3.8, 4) is 0 Å². The van der Waals surface area contributed by atoms with Gasteiger partial charge in [0.15, 0.2) is 0 Å². The maximum Gasteiger partial charge on any atom is 0.215 e. The van der Waals surface area contributed by atoms with Crippen molar-refractivity contribution in [3.63, 3.8) is 0 Å². The van der Waals surface area contributed by atoms with Gasteiger partial charge in [-0.1, -0.05) is 30.3 Å². The summed E-state index contributed by atoms with van der Waals surface area (Å²) in [4.78, 5) is 1.33. The van der Waals surface area contributed by atoms with Crippen LogP contribution in [-0.4, -0.2) is 35.6 Å². The van der Waals surface area contributed by atoms with Crippen LogP contribution >= 0.6 is 0 Å². The zero-order chi connectivity index (χ0) is 12.7. The third-order valence-electron chi connectivity index (χ3n) is 2.38. The molecule has 0 aliphatic rings. The lowest BCUT2D eigenvalue weighted by atomic mass is 10.2. The maximum atomic E-state index is 11.7. The first-order valence-electron chi connectivity index (χ1n) is 5.80. The first-order valence-corrected chi connectivity index (χ1v) is 7.45. The summed E-state index contributed by atoms with van der Waals surface area (Å²) in [6, 6.07) is 9.22. The Labute approximate surface area is 104 Å². The van der Waals surface area contributed by atoms with E-state index in [1.807, 2.05) is 30.3 Å². The largest absolute Gasteiger partial charge is 0.340 e. The zero-order valence-electron chi connectivity index (χ0n) is 10.4. The number of hydrogen-bond acceptors (Lipinski definition) is 2. The molecule has 0 radical (unpaired) electrons. The summed E-state index contributed by atoms with van der Waals surface area (Å²) < 4.78 is 26.1. The molecule has 0 amide bonds. The van der Waals surface area contributed by atoms with Crippen LogP contribution in [0.4, 0.5) is 0 Å². The molecule has 0 spiro atoms. The van der Waals surface area contributed by atoms with Crippen LogP contribution in [0.15, 0.2) is 30.3 Å². The Hall–Kier alpha value is -0.910. The summed E-state index contributed by atoms with van der Waals surface area (Å²) in [6.07, 6.45) is 0.857. The van der Waals surface area contributed by atoms with Gasteiger partial charge in [0.1, 0.15) is 0 Å². The minimum absolute atomic E-state index is 0.0582. The van der Waals surface area contributed by atoms with Gasteiger partial charge in [-0.15, -0.1) is 0 Å². The fourth-order valence-electron chi connectivity index (χ4n) is 1.51. The van der Waals surface area contributed by atoms with Crippen LogP contribution in [0.5, 0.6) is 0 Å². The van der Waals surface area contributed by atoms with Gasteiger partial charge >= 0.3 is 0 Å². The summed E-state index contributed by atoms with van der Waals surface area (Å²) in [5, 5.41) is 0. The van der Waals surface area contributed by atoms with E-state index in [0.29, 0.717) is 6.54 Å². The summed E-state index contributed by atoms with van der Waals surface area (Å²) in [7, 11) is 0.916. The first-order chi connectivity index (χ1) is 7.99. The molecular formula is C12H21N2O2S+. The molecule has 1 rings (SSSR count). The number of benzene rings is 1. The van der Waals surface area contributed by atoms with Gasteiger partial charge in [0, 0.05) is 13.0 Å². The van der Waals surface area contributed by atoms with Crippen LogP contribution in [0.25, 0.3) is 0 Å². The topological polar surface area (TPSA) is 50.6 Å². The Morgan fingerprint density at radius 1 is 1.18 bits per heavy atom. The average Bonchev–Trinajstić information content (AvgIpc) is 2.25. The molecule has 17 heavy (non-hydrogen) atoms. The summed E-state index contributed by atoms with van der Waals surface area (Å²) in [5.74, 6) is 0.0582. The highest BCUT2D eigenvalue weighted by atomic mass is 32.2. The van der Waals surface area contributed by atoms with Crippen LogP contribution in [-0.2, 0) is 15.8 Å². The fourth-order valence-corrected chi connectivity index (χ4v) is 2.70. The molecule has 0 saturated heterocycles. The van der Waals surface area contributed by atoms with Crippen molar-refractivity contribution in [1.29, 1.82) is 0 Å². The molecule has 5 heteroatoms. The predicted octanol–water partition coefficient (Wildman–Crippen LogP) is -0.359. The maximum absolute atomic E-state index is 11.7. The predicted molar refractivity (Wildman–Crippen MR) is 69.4 cm³/mol. The standard InChI is InChI=1S/C12H20N2O2S/c1-14(2)10-6-9-13-17(15,16)11-12-7-4-3-5-8-12/h3-5,7-8,13H,6,9-11H2,1-2H3/p+1. The van der Waals surface area contributed by atoms with E-state index in [0.717, 1.165) is 18.5 Å². The first kappa shape index (κ1) is 14.2. The van der Waals surface area contributed by atoms with Crippen LogP contribution in [0.1, 0.15) is 12.0 Å². The molecule has 0 aromatic heterocycles. The lowest BCUT2D eigenvalue weighted by Gasteiger charge is -2.08. The van der Waals surface area contributed by atoms with Gasteiger partial charge in [-0.2, -0.15) is 0 Å². The molecule has 1 aromatic carbocycles. The van der Waals surface area contributed by atoms with Crippen molar-refractivity contribution in [2.24, 2.45) is 0 Å². The lowest BCUT2D eigenvalue weighted by molar-refractivity contribution is -0.858. The van der Waals surface area contributed by atoms with E-state index in [-0.39, 0.29) is 5.75 Å². The van der Waals surface area contributed by atoms with Gasteiger partial charge in [0.05, 0.1) is 26.4 Å². The Kier molecular flexibility index (Phi) is 5.61. The molecule has 0 saturated carbocycles. The van der Waals surface area contributed by atoms with Crippen LogP contribution in [0.2, 0.25) is 0 Å². The van der Waals surface area contributed by atoms with E-state index in [1.165, 1.54) is 4.90 Å². The second-order valence-corrected chi connectivity index (χ2v) is 6.26. The third kappa shape index (κ3) is 6.41. The zero-order valence-corrected chi connectivity index (χ0v) is 11.3. The Balaban J connectivity index is 2.37. The molecular weight excluding hydrogens is 236 g/mol. The van der Waals surface area contributed by atoms with Crippen LogP contribution in [0.3, 0.4) is 0 Å². The van der Waals surface area contributed by atoms with Gasteiger partial charge in [-0.25, -0.2) is 13.1 Å². The molecule has 0 unspecified atom stereocenters. The monoisotopic (exact) mass is 257 g/mol. The normalized spacial score (nSPS) is 11.9. The Bertz CT molecular complexity index is 415. The second kappa shape index (κ2) is 6.74. The fraction of sp³-hybridized carbons (Fsp3) is 0.500. The minimum atomic E-state index is -3.19. The lowest BCUT2D eigenvalue weighted by Crippen LogP contribution is -3.05. The van der Waals surface area contributed by atoms with Crippen molar-refractivity contribution >= 4 is 10.0 Å². The minimum Gasteiger partial charge on any atom is -0.340 e. The molecule has 1 aromatic rings. The number of hydrogen-bond donors (Lipinski definition) is 2. The highest BCUT2D eigenvalue weighted by molar-refractivity contribution is 7.88. The number of quaternary nitrogens is 1. The highest BCUT2D eigenvalue weighted by Crippen LogP contribution is 2.03. The molecule has 0 atom stereocenters. The molecule has 96 valence electrons. The van der Waals surface area contributed by atoms with Crippen molar-refractivity contribution in [2.45, 2.75) is 12.2 Å². The molecule has 0 aliphatic carbocycles. The van der Waals surface area contributed by atoms with E-state index in [1.54, 1.807) is 0 Å². The Morgan fingerprint density at radius 2 is 1.82 bits per heavy atom. The number of rotatable bonds is 7. The number of nitrogens with one attached hydrogen (secondary N) is 2. The summed E-state index contributed by atoms with van der Waals surface area (Å²) in [5.41, 5.74) is 0.818. The van der Waals surface area contributed by atoms with E-state index >= 15 is 0 Å². The van der Waals surface area contributed by atoms with Crippen LogP contribution < -0.4 is 9.62 Å². The van der Waals surface area contributed by atoms with Crippen LogP contribution in [0, 0.1) is 0 Å². The summed E-state index contributed by atoms with van der Waals surface area (Å²) >= 11 is 0. The van der Waals surface area contributed by atoms with E-state index in [9.17, 15) is 8.42 Å². The third-order valence-corrected chi connectivity index (χ3v) is 3.73.